The molecule has 2 fully saturated rings. The lowest BCUT2D eigenvalue weighted by molar-refractivity contribution is -0.201. The minimum atomic E-state index is -2.08. The summed E-state index contributed by atoms with van der Waals surface area (Å²) in [5, 5.41) is 33.7. The topological polar surface area (TPSA) is 104 Å². The van der Waals surface area contributed by atoms with Gasteiger partial charge in [0.1, 0.15) is 6.10 Å². The van der Waals surface area contributed by atoms with Gasteiger partial charge in [-0.15, -0.1) is 0 Å². The van der Waals surface area contributed by atoms with Gasteiger partial charge in [0.05, 0.1) is 12.0 Å². The molecule has 4 aliphatic rings. The number of fused-ring (bicyclic) bond motifs is 3. The highest BCUT2D eigenvalue weighted by Crippen LogP contribution is 2.71. The molecule has 0 heterocycles. The number of aliphatic hydroxyl groups excluding tert-OH is 2. The van der Waals surface area contributed by atoms with Crippen LogP contribution in [0.5, 0.6) is 0 Å². The van der Waals surface area contributed by atoms with Crippen LogP contribution in [0.1, 0.15) is 48.0 Å². The van der Waals surface area contributed by atoms with Crippen molar-refractivity contribution < 1.29 is 29.6 Å². The molecule has 3 unspecified atom stereocenters. The fourth-order valence-electron chi connectivity index (χ4n) is 6.91. The Bertz CT molecular complexity index is 926. The van der Waals surface area contributed by atoms with E-state index >= 15 is 0 Å². The zero-order chi connectivity index (χ0) is 23.1. The second-order valence-corrected chi connectivity index (χ2v) is 10.6. The van der Waals surface area contributed by atoms with Gasteiger partial charge in [-0.2, -0.15) is 0 Å². The first-order valence-corrected chi connectivity index (χ1v) is 11.2. The van der Waals surface area contributed by atoms with Crippen LogP contribution in [0.3, 0.4) is 0 Å². The Kier molecular flexibility index (Phi) is 4.97. The Morgan fingerprint density at radius 3 is 2.58 bits per heavy atom. The predicted molar refractivity (Wildman–Crippen MR) is 115 cm³/mol. The Labute approximate surface area is 183 Å². The van der Waals surface area contributed by atoms with Gasteiger partial charge in [-0.05, 0) is 61.5 Å². The van der Waals surface area contributed by atoms with Gasteiger partial charge in [0.15, 0.2) is 17.5 Å². The first-order chi connectivity index (χ1) is 14.4. The van der Waals surface area contributed by atoms with Crippen molar-refractivity contribution in [1.82, 2.24) is 0 Å². The molecule has 0 amide bonds. The fraction of sp³-hybridized carbons (Fsp3) is 0.680. The number of allylic oxidation sites excluding steroid dienone is 2. The molecule has 2 bridgehead atoms. The summed E-state index contributed by atoms with van der Waals surface area (Å²) in [6.45, 7) is 10.8. The number of carbonyl (C=O) groups is 2. The van der Waals surface area contributed by atoms with E-state index in [9.17, 15) is 24.9 Å². The summed E-state index contributed by atoms with van der Waals surface area (Å²) in [6, 6.07) is 0. The maximum atomic E-state index is 14.2. The third-order valence-corrected chi connectivity index (χ3v) is 8.88. The molecule has 2 saturated carbocycles. The Morgan fingerprint density at radius 2 is 2.00 bits per heavy atom. The summed E-state index contributed by atoms with van der Waals surface area (Å²) in [4.78, 5) is 26.8. The molecule has 0 aromatic rings. The number of carbonyl (C=O) groups excluding carboxylic acids is 2. The van der Waals surface area contributed by atoms with Gasteiger partial charge in [-0.3, -0.25) is 4.79 Å². The molecule has 1 spiro atoms. The van der Waals surface area contributed by atoms with Crippen molar-refractivity contribution in [1.29, 1.82) is 0 Å². The van der Waals surface area contributed by atoms with Crippen molar-refractivity contribution in [2.75, 3.05) is 6.61 Å². The van der Waals surface area contributed by atoms with E-state index in [0.717, 1.165) is 6.42 Å². The van der Waals surface area contributed by atoms with Crippen molar-refractivity contribution in [3.05, 3.63) is 34.9 Å². The van der Waals surface area contributed by atoms with Crippen LogP contribution in [0.2, 0.25) is 0 Å². The van der Waals surface area contributed by atoms with Crippen LogP contribution in [-0.4, -0.2) is 51.5 Å². The zero-order valence-corrected chi connectivity index (χ0v) is 19.2. The smallest absolute Gasteiger partial charge is 0.334 e. The number of ether oxygens (including phenoxy) is 1. The molecule has 31 heavy (non-hydrogen) atoms. The summed E-state index contributed by atoms with van der Waals surface area (Å²) in [5.74, 6) is -1.13. The molecule has 3 N–H and O–H groups in total. The van der Waals surface area contributed by atoms with Crippen molar-refractivity contribution >= 4 is 11.8 Å². The molecule has 4 aliphatic carbocycles. The van der Waals surface area contributed by atoms with Crippen LogP contribution < -0.4 is 0 Å². The predicted octanol–water partition coefficient (Wildman–Crippen LogP) is 2.33. The third kappa shape index (κ3) is 2.61. The number of ketones is 1. The van der Waals surface area contributed by atoms with Gasteiger partial charge >= 0.3 is 5.97 Å². The van der Waals surface area contributed by atoms with E-state index in [1.165, 1.54) is 0 Å². The van der Waals surface area contributed by atoms with E-state index in [1.54, 1.807) is 39.0 Å². The van der Waals surface area contributed by atoms with Crippen molar-refractivity contribution in [3.63, 3.8) is 0 Å². The highest BCUT2D eigenvalue weighted by Gasteiger charge is 2.76. The van der Waals surface area contributed by atoms with E-state index in [0.29, 0.717) is 17.1 Å². The van der Waals surface area contributed by atoms with E-state index in [4.69, 9.17) is 4.74 Å². The molecule has 4 rings (SSSR count). The normalized spacial score (nSPS) is 45.6. The molecule has 0 aliphatic heterocycles. The van der Waals surface area contributed by atoms with Crippen LogP contribution in [0, 0.1) is 34.5 Å². The molecular formula is C25H34O6. The lowest BCUT2D eigenvalue weighted by Crippen LogP contribution is -2.65. The van der Waals surface area contributed by atoms with Crippen molar-refractivity contribution in [2.45, 2.75) is 65.8 Å². The summed E-state index contributed by atoms with van der Waals surface area (Å²) >= 11 is 0. The molecule has 6 heteroatoms. The number of hydrogen-bond donors (Lipinski definition) is 3. The van der Waals surface area contributed by atoms with E-state index in [2.05, 4.69) is 13.8 Å². The summed E-state index contributed by atoms with van der Waals surface area (Å²) < 4.78 is 5.72. The lowest BCUT2D eigenvalue weighted by Gasteiger charge is -2.48. The molecule has 0 aromatic carbocycles. The van der Waals surface area contributed by atoms with Gasteiger partial charge in [0.2, 0.25) is 0 Å². The van der Waals surface area contributed by atoms with E-state index in [-0.39, 0.29) is 28.6 Å². The Balaban J connectivity index is 1.91. The molecule has 0 aromatic heterocycles. The number of Topliss-reactive ketones (excluding diaryl/α,β-unsaturated/α-hetero) is 1. The minimum Gasteiger partial charge on any atom is -0.451 e. The Hall–Kier alpha value is -1.76. The van der Waals surface area contributed by atoms with Crippen LogP contribution in [-0.2, 0) is 14.3 Å². The summed E-state index contributed by atoms with van der Waals surface area (Å²) in [6.07, 6.45) is 3.04. The number of hydrogen-bond acceptors (Lipinski definition) is 6. The summed E-state index contributed by atoms with van der Waals surface area (Å²) in [7, 11) is 0. The van der Waals surface area contributed by atoms with Crippen LogP contribution >= 0.6 is 0 Å². The van der Waals surface area contributed by atoms with Gasteiger partial charge < -0.3 is 20.1 Å². The molecule has 0 saturated heterocycles. The van der Waals surface area contributed by atoms with Crippen molar-refractivity contribution in [2.24, 2.45) is 34.5 Å². The van der Waals surface area contributed by atoms with Crippen molar-refractivity contribution in [3.8, 4) is 0 Å². The third-order valence-electron chi connectivity index (χ3n) is 8.88. The highest BCUT2D eigenvalue weighted by molar-refractivity contribution is 5.96. The van der Waals surface area contributed by atoms with Gasteiger partial charge in [-0.1, -0.05) is 39.0 Å². The number of esters is 1. The highest BCUT2D eigenvalue weighted by atomic mass is 16.6. The van der Waals surface area contributed by atoms with E-state index in [1.807, 2.05) is 6.92 Å². The monoisotopic (exact) mass is 430 g/mol. The largest absolute Gasteiger partial charge is 0.451 e. The standard InChI is InChI=1S/C25H34O6/c1-7-12(2)22(29)31-21-13(3)10-24-14(4)8-17-18(23(17,5)6)16(20(24)28)9-15(11-26)19(27)25(21,24)30/h7,9-10,14,16-19,21,26-27,30H,8,11H2,1-6H3/b12-7-/t14?,16-,17+,18?,19+,21-,24?,25-/m0/s1. The fourth-order valence-corrected chi connectivity index (χ4v) is 6.91. The minimum absolute atomic E-state index is 0.0209. The first-order valence-electron chi connectivity index (χ1n) is 11.2. The van der Waals surface area contributed by atoms with Gasteiger partial charge in [-0.25, -0.2) is 4.79 Å². The van der Waals surface area contributed by atoms with Gasteiger partial charge in [0.25, 0.3) is 0 Å². The molecule has 0 radical (unpaired) electrons. The molecule has 8 atom stereocenters. The second kappa shape index (κ2) is 6.87. The quantitative estimate of drug-likeness (QED) is 0.361. The van der Waals surface area contributed by atoms with Crippen LogP contribution in [0.15, 0.2) is 34.9 Å². The van der Waals surface area contributed by atoms with Crippen LogP contribution in [0.4, 0.5) is 0 Å². The SMILES string of the molecule is C/C=C(/C)C(=O)O[C@H]1C(C)=CC23C(=O)[C@@H](C=C(CO)[C@@H](O)[C@]12O)C1[C@@H](CC3C)C1(C)C. The first kappa shape index (κ1) is 22.4. The molecule has 6 nitrogen and oxygen atoms in total. The average molecular weight is 431 g/mol. The van der Waals surface area contributed by atoms with E-state index < -0.39 is 41.7 Å². The number of rotatable bonds is 3. The lowest BCUT2D eigenvalue weighted by atomic mass is 9.59. The molecule has 170 valence electrons. The van der Waals surface area contributed by atoms with Gasteiger partial charge in [0, 0.05) is 11.5 Å². The second-order valence-electron chi connectivity index (χ2n) is 10.6. The summed E-state index contributed by atoms with van der Waals surface area (Å²) in [5.41, 5.74) is -2.36. The molecular weight excluding hydrogens is 396 g/mol. The zero-order valence-electron chi connectivity index (χ0n) is 19.2. The van der Waals surface area contributed by atoms with Crippen LogP contribution in [0.25, 0.3) is 0 Å². The number of aliphatic hydroxyl groups is 3. The Morgan fingerprint density at radius 1 is 1.35 bits per heavy atom. The maximum absolute atomic E-state index is 14.2. The average Bonchev–Trinajstić information content (AvgIpc) is 3.21. The maximum Gasteiger partial charge on any atom is 0.334 e.